The van der Waals surface area contributed by atoms with Crippen molar-refractivity contribution in [3.63, 3.8) is 0 Å². The summed E-state index contributed by atoms with van der Waals surface area (Å²) in [5.41, 5.74) is 2.77. The van der Waals surface area contributed by atoms with Crippen molar-refractivity contribution in [3.05, 3.63) is 71.8 Å². The minimum Gasteiger partial charge on any atom is -0.488 e. The molecule has 158 valence electrons. The summed E-state index contributed by atoms with van der Waals surface area (Å²) in [7, 11) is 3.93. The SMILES string of the molecule is CN(C)c1ccc(C=NN2C(=O)[C@@H]3[C@H](C2=O)[C@H]2C=C[C@H]3C2)c(OCc2ccccc2)c1. The number of ether oxygens (including phenoxy) is 1. The van der Waals surface area contributed by atoms with Gasteiger partial charge in [-0.15, -0.1) is 0 Å². The Bertz CT molecular complexity index is 1050. The number of anilines is 1. The Morgan fingerprint density at radius 2 is 1.71 bits per heavy atom. The molecule has 1 aliphatic heterocycles. The molecule has 0 unspecified atom stereocenters. The monoisotopic (exact) mass is 415 g/mol. The maximum Gasteiger partial charge on any atom is 0.254 e. The van der Waals surface area contributed by atoms with Crippen LogP contribution >= 0.6 is 0 Å². The van der Waals surface area contributed by atoms with Crippen molar-refractivity contribution < 1.29 is 14.3 Å². The highest BCUT2D eigenvalue weighted by atomic mass is 16.5. The lowest BCUT2D eigenvalue weighted by Gasteiger charge is -2.16. The number of benzene rings is 2. The van der Waals surface area contributed by atoms with Crippen molar-refractivity contribution >= 4 is 23.7 Å². The maximum atomic E-state index is 12.9. The first-order chi connectivity index (χ1) is 15.0. The molecule has 3 aliphatic rings. The van der Waals surface area contributed by atoms with Crippen LogP contribution in [0.2, 0.25) is 0 Å². The van der Waals surface area contributed by atoms with Crippen molar-refractivity contribution in [2.75, 3.05) is 19.0 Å². The van der Waals surface area contributed by atoms with Gasteiger partial charge in [0.2, 0.25) is 0 Å². The lowest BCUT2D eigenvalue weighted by Crippen LogP contribution is -2.28. The van der Waals surface area contributed by atoms with Gasteiger partial charge in [0.25, 0.3) is 11.8 Å². The molecule has 0 radical (unpaired) electrons. The van der Waals surface area contributed by atoms with E-state index in [1.54, 1.807) is 6.21 Å². The number of imide groups is 1. The lowest BCUT2D eigenvalue weighted by molar-refractivity contribution is -0.140. The van der Waals surface area contributed by atoms with E-state index in [9.17, 15) is 9.59 Å². The number of rotatable bonds is 6. The van der Waals surface area contributed by atoms with Crippen LogP contribution in [-0.4, -0.2) is 37.1 Å². The Morgan fingerprint density at radius 3 is 2.35 bits per heavy atom. The predicted molar refractivity (Wildman–Crippen MR) is 119 cm³/mol. The number of carbonyl (C=O) groups is 2. The van der Waals surface area contributed by atoms with Crippen molar-refractivity contribution in [1.29, 1.82) is 0 Å². The third kappa shape index (κ3) is 3.42. The number of amides is 2. The van der Waals surface area contributed by atoms with Crippen molar-refractivity contribution in [3.8, 4) is 5.75 Å². The number of allylic oxidation sites excluding steroid dienone is 2. The molecule has 0 N–H and O–H groups in total. The Hall–Kier alpha value is -3.41. The molecule has 6 heteroatoms. The van der Waals surface area contributed by atoms with Crippen LogP contribution in [0.1, 0.15) is 17.5 Å². The molecule has 2 aliphatic carbocycles. The number of hydrazone groups is 1. The van der Waals surface area contributed by atoms with E-state index < -0.39 is 0 Å². The van der Waals surface area contributed by atoms with Gasteiger partial charge in [0.05, 0.1) is 18.1 Å². The Kier molecular flexibility index (Phi) is 4.85. The van der Waals surface area contributed by atoms with Crippen molar-refractivity contribution in [1.82, 2.24) is 5.01 Å². The van der Waals surface area contributed by atoms with E-state index in [0.717, 1.165) is 28.2 Å². The molecule has 2 aromatic rings. The van der Waals surface area contributed by atoms with Crippen LogP contribution in [0.15, 0.2) is 65.8 Å². The normalized spacial score (nSPS) is 26.2. The van der Waals surface area contributed by atoms with Crippen LogP contribution in [0, 0.1) is 23.7 Å². The minimum atomic E-state index is -0.246. The molecule has 0 spiro atoms. The zero-order valence-electron chi connectivity index (χ0n) is 17.6. The summed E-state index contributed by atoms with van der Waals surface area (Å²) in [6, 6.07) is 15.7. The van der Waals surface area contributed by atoms with E-state index in [1.807, 2.05) is 67.5 Å². The van der Waals surface area contributed by atoms with Gasteiger partial charge in [-0.2, -0.15) is 10.1 Å². The van der Waals surface area contributed by atoms with E-state index in [-0.39, 0.29) is 35.5 Å². The van der Waals surface area contributed by atoms with Crippen LogP contribution in [0.5, 0.6) is 5.75 Å². The summed E-state index contributed by atoms with van der Waals surface area (Å²) >= 11 is 0. The van der Waals surface area contributed by atoms with Crippen LogP contribution in [0.3, 0.4) is 0 Å². The zero-order chi connectivity index (χ0) is 21.5. The van der Waals surface area contributed by atoms with Crippen LogP contribution < -0.4 is 9.64 Å². The summed E-state index contributed by atoms with van der Waals surface area (Å²) in [5.74, 6) is 0.153. The molecular formula is C25H25N3O3. The summed E-state index contributed by atoms with van der Waals surface area (Å²) in [6.07, 6.45) is 6.64. The fourth-order valence-corrected chi connectivity index (χ4v) is 4.89. The quantitative estimate of drug-likeness (QED) is 0.412. The molecule has 0 aromatic heterocycles. The molecule has 31 heavy (non-hydrogen) atoms. The highest BCUT2D eigenvalue weighted by Gasteiger charge is 2.59. The molecule has 4 atom stereocenters. The summed E-state index contributed by atoms with van der Waals surface area (Å²) in [6.45, 7) is 0.416. The maximum absolute atomic E-state index is 12.9. The third-order valence-electron chi connectivity index (χ3n) is 6.51. The summed E-state index contributed by atoms with van der Waals surface area (Å²) in [5, 5.41) is 5.38. The number of carbonyl (C=O) groups excluding carboxylic acids is 2. The summed E-state index contributed by atoms with van der Waals surface area (Å²) < 4.78 is 6.09. The molecule has 2 fully saturated rings. The number of fused-ring (bicyclic) bond motifs is 5. The number of hydrogen-bond acceptors (Lipinski definition) is 5. The van der Waals surface area contributed by atoms with Crippen LogP contribution in [0.4, 0.5) is 5.69 Å². The Morgan fingerprint density at radius 1 is 1.03 bits per heavy atom. The second-order valence-electron chi connectivity index (χ2n) is 8.62. The highest BCUT2D eigenvalue weighted by molar-refractivity contribution is 6.07. The van der Waals surface area contributed by atoms with Gasteiger partial charge >= 0.3 is 0 Å². The topological polar surface area (TPSA) is 62.2 Å². The molecule has 2 aromatic carbocycles. The molecule has 5 rings (SSSR count). The second-order valence-corrected chi connectivity index (χ2v) is 8.62. The largest absolute Gasteiger partial charge is 0.488 e. The summed E-state index contributed by atoms with van der Waals surface area (Å²) in [4.78, 5) is 27.7. The second kappa shape index (κ2) is 7.69. The van der Waals surface area contributed by atoms with E-state index in [4.69, 9.17) is 4.74 Å². The average molecular weight is 415 g/mol. The van der Waals surface area contributed by atoms with E-state index in [0.29, 0.717) is 12.4 Å². The Balaban J connectivity index is 1.39. The van der Waals surface area contributed by atoms with Crippen molar-refractivity contribution in [2.45, 2.75) is 13.0 Å². The zero-order valence-corrected chi connectivity index (χ0v) is 17.6. The van der Waals surface area contributed by atoms with Crippen LogP contribution in [-0.2, 0) is 16.2 Å². The first-order valence-electron chi connectivity index (χ1n) is 10.6. The van der Waals surface area contributed by atoms with Gasteiger partial charge in [0.1, 0.15) is 12.4 Å². The molecule has 6 nitrogen and oxygen atoms in total. The smallest absolute Gasteiger partial charge is 0.254 e. The lowest BCUT2D eigenvalue weighted by atomic mass is 9.85. The highest BCUT2D eigenvalue weighted by Crippen LogP contribution is 2.52. The minimum absolute atomic E-state index is 0.177. The van der Waals surface area contributed by atoms with E-state index in [1.165, 1.54) is 0 Å². The number of nitrogens with zero attached hydrogens (tertiary/aromatic N) is 3. The van der Waals surface area contributed by atoms with Crippen molar-refractivity contribution in [2.24, 2.45) is 28.8 Å². The standard InChI is InChI=1S/C25H25N3O3/c1-27(2)20-11-10-19(21(13-20)31-15-16-6-4-3-5-7-16)14-26-28-24(29)22-17-8-9-18(12-17)23(22)25(28)30/h3-11,13-14,17-18,22-23H,12,15H2,1-2H3/t17-,18-,22-,23+/m0/s1. The molecule has 2 bridgehead atoms. The van der Waals surface area contributed by atoms with Crippen LogP contribution in [0.25, 0.3) is 0 Å². The molecular weight excluding hydrogens is 390 g/mol. The van der Waals surface area contributed by atoms with E-state index >= 15 is 0 Å². The fourth-order valence-electron chi connectivity index (χ4n) is 4.89. The van der Waals surface area contributed by atoms with Gasteiger partial charge in [-0.1, -0.05) is 42.5 Å². The predicted octanol–water partition coefficient (Wildman–Crippen LogP) is 3.47. The first kappa shape index (κ1) is 19.5. The number of hydrogen-bond donors (Lipinski definition) is 0. The van der Waals surface area contributed by atoms with Gasteiger partial charge in [-0.25, -0.2) is 0 Å². The Labute approximate surface area is 181 Å². The molecule has 1 saturated carbocycles. The van der Waals surface area contributed by atoms with Gasteiger partial charge in [-0.05, 0) is 36.0 Å². The van der Waals surface area contributed by atoms with Gasteiger partial charge in [0, 0.05) is 31.4 Å². The average Bonchev–Trinajstić information content (AvgIpc) is 3.46. The molecule has 1 saturated heterocycles. The van der Waals surface area contributed by atoms with Gasteiger partial charge in [0.15, 0.2) is 0 Å². The van der Waals surface area contributed by atoms with E-state index in [2.05, 4.69) is 17.3 Å². The third-order valence-corrected chi connectivity index (χ3v) is 6.51. The van der Waals surface area contributed by atoms with Gasteiger partial charge in [-0.3, -0.25) is 9.59 Å². The van der Waals surface area contributed by atoms with Gasteiger partial charge < -0.3 is 9.64 Å². The molecule has 2 amide bonds. The first-order valence-corrected chi connectivity index (χ1v) is 10.6. The molecule has 1 heterocycles. The fraction of sp³-hybridized carbons (Fsp3) is 0.320.